The van der Waals surface area contributed by atoms with Crippen LogP contribution < -0.4 is 10.6 Å². The fraction of sp³-hybridized carbons (Fsp3) is 0.514. The van der Waals surface area contributed by atoms with Gasteiger partial charge in [-0.25, -0.2) is 9.99 Å². The van der Waals surface area contributed by atoms with Crippen LogP contribution in [0.3, 0.4) is 0 Å². The average molecular weight is 632 g/mol. The number of aromatic nitrogens is 2. The predicted octanol–water partition coefficient (Wildman–Crippen LogP) is 3.70. The van der Waals surface area contributed by atoms with Crippen molar-refractivity contribution in [2.45, 2.75) is 58.1 Å². The van der Waals surface area contributed by atoms with Crippen LogP contribution in [0.1, 0.15) is 72.5 Å². The highest BCUT2D eigenvalue weighted by Crippen LogP contribution is 2.31. The molecule has 1 amide bonds. The van der Waals surface area contributed by atoms with Gasteiger partial charge in [0.1, 0.15) is 18.5 Å². The summed E-state index contributed by atoms with van der Waals surface area (Å²) in [5.41, 5.74) is 3.96. The molecule has 1 saturated heterocycles. The number of aromatic amines is 1. The third kappa shape index (κ3) is 7.60. The standard InChI is InChI=1S/C35H49N7O4/c1-6-12-41-13-15-42(16-14-41)40(5)35(45)28-19-31-30(18-26(28)21-43)38-34(39-31)33-24(4)36-11-10-29(33)37-20-27(44)22-46-32-9-8-23(3)17-25(32)7-2/h8-11,18-19,21,25,27,29,33,36-37,44H,4,6-7,12-17,20,22H2,1-3,5H3,(H,38,39). The molecule has 1 fully saturated rings. The van der Waals surface area contributed by atoms with Crippen molar-refractivity contribution < 1.29 is 19.4 Å². The van der Waals surface area contributed by atoms with Crippen molar-refractivity contribution in [3.8, 4) is 0 Å². The summed E-state index contributed by atoms with van der Waals surface area (Å²) in [6.45, 7) is 15.5. The van der Waals surface area contributed by atoms with Crippen LogP contribution in [-0.4, -0.2) is 107 Å². The first-order valence-electron chi connectivity index (χ1n) is 16.5. The van der Waals surface area contributed by atoms with Crippen molar-refractivity contribution in [3.63, 3.8) is 0 Å². The van der Waals surface area contributed by atoms with E-state index in [9.17, 15) is 14.7 Å². The van der Waals surface area contributed by atoms with E-state index in [-0.39, 0.29) is 24.5 Å². The molecule has 46 heavy (non-hydrogen) atoms. The molecule has 11 nitrogen and oxygen atoms in total. The molecule has 0 saturated carbocycles. The lowest BCUT2D eigenvalue weighted by atomic mass is 9.91. The van der Waals surface area contributed by atoms with E-state index in [0.29, 0.717) is 40.4 Å². The maximum atomic E-state index is 13.6. The number of piperazine rings is 1. The third-order valence-corrected chi connectivity index (χ3v) is 9.26. The number of aliphatic hydroxyl groups is 1. The molecular weight excluding hydrogens is 582 g/mol. The highest BCUT2D eigenvalue weighted by Gasteiger charge is 2.31. The molecule has 11 heteroatoms. The Balaban J connectivity index is 1.27. The summed E-state index contributed by atoms with van der Waals surface area (Å²) in [5, 5.41) is 21.1. The maximum Gasteiger partial charge on any atom is 0.268 e. The number of nitrogens with one attached hydrogen (secondary N) is 3. The van der Waals surface area contributed by atoms with E-state index < -0.39 is 6.10 Å². The number of ether oxygens (including phenoxy) is 1. The van der Waals surface area contributed by atoms with Crippen LogP contribution in [0, 0.1) is 5.92 Å². The number of aliphatic hydroxyl groups excluding tert-OH is 1. The Hall–Kier alpha value is -3.77. The van der Waals surface area contributed by atoms with Crippen LogP contribution in [0.4, 0.5) is 0 Å². The lowest BCUT2D eigenvalue weighted by Crippen LogP contribution is -2.54. The van der Waals surface area contributed by atoms with Crippen molar-refractivity contribution in [2.24, 2.45) is 5.92 Å². The number of rotatable bonds is 13. The minimum absolute atomic E-state index is 0.196. The second kappa shape index (κ2) is 15.2. The molecule has 2 aromatic rings. The number of carbonyl (C=O) groups excluding carboxylic acids is 2. The van der Waals surface area contributed by atoms with Gasteiger partial charge < -0.3 is 30.4 Å². The Labute approximate surface area is 272 Å². The van der Waals surface area contributed by atoms with Crippen molar-refractivity contribution in [1.29, 1.82) is 0 Å². The van der Waals surface area contributed by atoms with Crippen LogP contribution in [0.15, 0.2) is 60.2 Å². The number of nitrogens with zero attached hydrogens (tertiary/aromatic N) is 4. The van der Waals surface area contributed by atoms with Gasteiger partial charge in [0, 0.05) is 63.0 Å². The fourth-order valence-corrected chi connectivity index (χ4v) is 6.55. The first kappa shape index (κ1) is 33.6. The van der Waals surface area contributed by atoms with E-state index in [2.05, 4.69) is 53.9 Å². The SMILES string of the molecule is C=C1NC=CC(NCC(O)COC2=CC=C(C)CC2CC)C1c1nc2cc(C(=O)N(C)N3CCN(CCC)CC3)c(C=O)cc2[nH]1. The van der Waals surface area contributed by atoms with Crippen molar-refractivity contribution in [2.75, 3.05) is 52.9 Å². The third-order valence-electron chi connectivity index (χ3n) is 9.26. The zero-order chi connectivity index (χ0) is 32.8. The largest absolute Gasteiger partial charge is 0.495 e. The van der Waals surface area contributed by atoms with Crippen LogP contribution in [0.5, 0.6) is 0 Å². The summed E-state index contributed by atoms with van der Waals surface area (Å²) >= 11 is 0. The Morgan fingerprint density at radius 1 is 1.26 bits per heavy atom. The van der Waals surface area contributed by atoms with Crippen LogP contribution >= 0.6 is 0 Å². The Morgan fingerprint density at radius 3 is 2.76 bits per heavy atom. The van der Waals surface area contributed by atoms with E-state index in [4.69, 9.17) is 9.72 Å². The second-order valence-electron chi connectivity index (χ2n) is 12.6. The number of H-pyrrole nitrogens is 1. The molecule has 0 radical (unpaired) electrons. The van der Waals surface area contributed by atoms with E-state index in [0.717, 1.165) is 69.7 Å². The summed E-state index contributed by atoms with van der Waals surface area (Å²) in [5.74, 6) is 1.39. The van der Waals surface area contributed by atoms with Gasteiger partial charge in [-0.2, -0.15) is 0 Å². The molecule has 3 heterocycles. The number of aldehydes is 1. The lowest BCUT2D eigenvalue weighted by molar-refractivity contribution is -0.0225. The van der Waals surface area contributed by atoms with Crippen molar-refractivity contribution >= 4 is 23.2 Å². The molecule has 1 aromatic heterocycles. The zero-order valence-electron chi connectivity index (χ0n) is 27.6. The normalized spacial score (nSPS) is 23.1. The molecule has 0 spiro atoms. The summed E-state index contributed by atoms with van der Waals surface area (Å²) in [7, 11) is 1.76. The minimum Gasteiger partial charge on any atom is -0.495 e. The first-order valence-corrected chi connectivity index (χ1v) is 16.5. The van der Waals surface area contributed by atoms with Gasteiger partial charge in [-0.1, -0.05) is 38.2 Å². The summed E-state index contributed by atoms with van der Waals surface area (Å²) in [6.07, 6.45) is 11.0. The number of hydrogen-bond donors (Lipinski definition) is 4. The highest BCUT2D eigenvalue weighted by molar-refractivity contribution is 6.04. The number of imidazole rings is 1. The van der Waals surface area contributed by atoms with Gasteiger partial charge in [-0.05, 0) is 57.1 Å². The number of benzene rings is 1. The Kier molecular flexibility index (Phi) is 11.1. The number of hydrogen-bond acceptors (Lipinski definition) is 9. The molecular formula is C35H49N7O4. The summed E-state index contributed by atoms with van der Waals surface area (Å²) in [4.78, 5) is 36.4. The summed E-state index contributed by atoms with van der Waals surface area (Å²) in [6, 6.07) is 3.18. The average Bonchev–Trinajstić information content (AvgIpc) is 3.48. The van der Waals surface area contributed by atoms with Gasteiger partial charge >= 0.3 is 0 Å². The van der Waals surface area contributed by atoms with E-state index >= 15 is 0 Å². The van der Waals surface area contributed by atoms with Crippen molar-refractivity contribution in [3.05, 3.63) is 77.1 Å². The van der Waals surface area contributed by atoms with Gasteiger partial charge in [0.05, 0.1) is 28.3 Å². The van der Waals surface area contributed by atoms with E-state index in [1.165, 1.54) is 5.57 Å². The Bertz CT molecular complexity index is 1500. The van der Waals surface area contributed by atoms with Crippen LogP contribution in [-0.2, 0) is 4.74 Å². The monoisotopic (exact) mass is 631 g/mol. The molecule has 1 aromatic carbocycles. The van der Waals surface area contributed by atoms with Crippen LogP contribution in [0.2, 0.25) is 0 Å². The topological polar surface area (TPSA) is 126 Å². The van der Waals surface area contributed by atoms with Gasteiger partial charge in [0.2, 0.25) is 0 Å². The number of amides is 1. The first-order chi connectivity index (χ1) is 22.2. The summed E-state index contributed by atoms with van der Waals surface area (Å²) < 4.78 is 6.03. The molecule has 248 valence electrons. The molecule has 1 aliphatic carbocycles. The van der Waals surface area contributed by atoms with Crippen LogP contribution in [0.25, 0.3) is 11.0 Å². The molecule has 2 aliphatic heterocycles. The van der Waals surface area contributed by atoms with Gasteiger partial charge in [-0.15, -0.1) is 0 Å². The number of allylic oxidation sites excluding steroid dienone is 4. The van der Waals surface area contributed by atoms with E-state index in [1.54, 1.807) is 24.2 Å². The molecule has 4 N–H and O–H groups in total. The number of fused-ring (bicyclic) bond motifs is 1. The van der Waals surface area contributed by atoms with Gasteiger partial charge in [0.15, 0.2) is 6.29 Å². The lowest BCUT2D eigenvalue weighted by Gasteiger charge is -2.39. The molecule has 0 bridgehead atoms. The maximum absolute atomic E-state index is 13.6. The minimum atomic E-state index is -0.714. The predicted molar refractivity (Wildman–Crippen MR) is 180 cm³/mol. The number of carbonyl (C=O) groups is 2. The molecule has 4 unspecified atom stereocenters. The smallest absolute Gasteiger partial charge is 0.268 e. The van der Waals surface area contributed by atoms with Crippen molar-refractivity contribution in [1.82, 2.24) is 35.5 Å². The van der Waals surface area contributed by atoms with E-state index in [1.807, 2.05) is 23.4 Å². The molecule has 3 aliphatic rings. The molecule has 5 rings (SSSR count). The molecule has 4 atom stereocenters. The zero-order valence-corrected chi connectivity index (χ0v) is 27.6. The quantitative estimate of drug-likeness (QED) is 0.245. The van der Waals surface area contributed by atoms with Gasteiger partial charge in [-0.3, -0.25) is 14.6 Å². The fourth-order valence-electron chi connectivity index (χ4n) is 6.55. The Morgan fingerprint density at radius 2 is 2.04 bits per heavy atom. The highest BCUT2D eigenvalue weighted by atomic mass is 16.5. The van der Waals surface area contributed by atoms with Gasteiger partial charge in [0.25, 0.3) is 5.91 Å². The second-order valence-corrected chi connectivity index (χ2v) is 12.6. The number of hydrazine groups is 1.